The number of amides is 2. The molecule has 1 aliphatic rings. The molecule has 0 saturated carbocycles. The predicted octanol–water partition coefficient (Wildman–Crippen LogP) is 2.92. The van der Waals surface area contributed by atoms with Crippen LogP contribution in [0.15, 0.2) is 77.4 Å². The summed E-state index contributed by atoms with van der Waals surface area (Å²) in [6, 6.07) is 19.5. The molecule has 1 unspecified atom stereocenters. The second-order valence-electron chi connectivity index (χ2n) is 7.41. The van der Waals surface area contributed by atoms with Crippen LogP contribution in [0.1, 0.15) is 16.1 Å². The van der Waals surface area contributed by atoms with Crippen molar-refractivity contribution in [2.45, 2.75) is 18.6 Å². The fourth-order valence-corrected chi connectivity index (χ4v) is 3.50. The zero-order valence-electron chi connectivity index (χ0n) is 17.2. The minimum Gasteiger partial charge on any atom is -0.486 e. The molecule has 0 bridgehead atoms. The number of likely N-dealkylation sites (N-methyl/N-ethyl adjacent to an activating group) is 1. The van der Waals surface area contributed by atoms with Gasteiger partial charge in [-0.05, 0) is 29.8 Å². The number of ether oxygens (including phenoxy) is 2. The molecule has 1 aromatic heterocycles. The maximum atomic E-state index is 13.3. The van der Waals surface area contributed by atoms with Gasteiger partial charge in [-0.2, -0.15) is 0 Å². The van der Waals surface area contributed by atoms with Crippen LogP contribution in [0.5, 0.6) is 11.5 Å². The molecule has 2 aromatic carbocycles. The minimum absolute atomic E-state index is 0.161. The Morgan fingerprint density at radius 2 is 1.77 bits per heavy atom. The lowest BCUT2D eigenvalue weighted by Crippen LogP contribution is -2.51. The van der Waals surface area contributed by atoms with Gasteiger partial charge in [0.25, 0.3) is 5.91 Å². The number of rotatable bonds is 7. The molecule has 2 heterocycles. The standard InChI is InChI=1S/C24H24N2O5/c1-26(15-18-16-30-20-10-5-6-11-21(20)31-18)24(28)19(14-17-8-3-2-4-9-17)25-23(27)22-12-7-13-29-22/h2-13,18-19H,14-16H2,1H3,(H,25,27)/t18?,19-/m0/s1. The van der Waals surface area contributed by atoms with Gasteiger partial charge in [0.1, 0.15) is 12.6 Å². The Morgan fingerprint density at radius 1 is 1.03 bits per heavy atom. The Bertz CT molecular complexity index is 1020. The third-order valence-corrected chi connectivity index (χ3v) is 5.05. The average Bonchev–Trinajstić information content (AvgIpc) is 3.34. The first-order valence-electron chi connectivity index (χ1n) is 10.1. The number of hydrogen-bond acceptors (Lipinski definition) is 5. The van der Waals surface area contributed by atoms with Gasteiger partial charge in [0.15, 0.2) is 23.4 Å². The van der Waals surface area contributed by atoms with Gasteiger partial charge < -0.3 is 24.1 Å². The van der Waals surface area contributed by atoms with Crippen LogP contribution in [-0.4, -0.2) is 49.1 Å². The van der Waals surface area contributed by atoms with E-state index in [4.69, 9.17) is 13.9 Å². The summed E-state index contributed by atoms with van der Waals surface area (Å²) in [6.45, 7) is 0.672. The molecule has 31 heavy (non-hydrogen) atoms. The summed E-state index contributed by atoms with van der Waals surface area (Å²) in [7, 11) is 1.70. The summed E-state index contributed by atoms with van der Waals surface area (Å²) in [5, 5.41) is 2.81. The highest BCUT2D eigenvalue weighted by Crippen LogP contribution is 2.31. The van der Waals surface area contributed by atoms with E-state index in [2.05, 4.69) is 5.32 Å². The molecule has 7 nitrogen and oxygen atoms in total. The fraction of sp³-hybridized carbons (Fsp3) is 0.250. The SMILES string of the molecule is CN(CC1COc2ccccc2O1)C(=O)[C@H](Cc1ccccc1)NC(=O)c1ccco1. The van der Waals surface area contributed by atoms with Crippen molar-refractivity contribution in [3.05, 3.63) is 84.3 Å². The largest absolute Gasteiger partial charge is 0.486 e. The smallest absolute Gasteiger partial charge is 0.287 e. The van der Waals surface area contributed by atoms with Crippen molar-refractivity contribution < 1.29 is 23.5 Å². The lowest BCUT2D eigenvalue weighted by Gasteiger charge is -2.31. The normalized spacial score (nSPS) is 15.7. The van der Waals surface area contributed by atoms with Gasteiger partial charge in [0.05, 0.1) is 12.8 Å². The first kappa shape index (κ1) is 20.5. The summed E-state index contributed by atoms with van der Waals surface area (Å²) in [5.41, 5.74) is 0.945. The Balaban J connectivity index is 1.44. The van der Waals surface area contributed by atoms with Gasteiger partial charge in [-0.15, -0.1) is 0 Å². The number of carbonyl (C=O) groups is 2. The topological polar surface area (TPSA) is 81.0 Å². The molecular formula is C24H24N2O5. The highest BCUT2D eigenvalue weighted by molar-refractivity contribution is 5.95. The number of carbonyl (C=O) groups excluding carboxylic acids is 2. The van der Waals surface area contributed by atoms with E-state index < -0.39 is 11.9 Å². The van der Waals surface area contributed by atoms with E-state index in [1.807, 2.05) is 54.6 Å². The number of benzene rings is 2. The maximum Gasteiger partial charge on any atom is 0.287 e. The van der Waals surface area contributed by atoms with Gasteiger partial charge >= 0.3 is 0 Å². The molecule has 1 N–H and O–H groups in total. The fourth-order valence-electron chi connectivity index (χ4n) is 3.50. The molecule has 0 spiro atoms. The molecule has 0 aliphatic carbocycles. The zero-order chi connectivity index (χ0) is 21.6. The van der Waals surface area contributed by atoms with E-state index in [0.717, 1.165) is 5.56 Å². The van der Waals surface area contributed by atoms with Crippen LogP contribution in [0, 0.1) is 0 Å². The van der Waals surface area contributed by atoms with E-state index in [9.17, 15) is 9.59 Å². The zero-order valence-corrected chi connectivity index (χ0v) is 17.2. The van der Waals surface area contributed by atoms with E-state index in [1.165, 1.54) is 6.26 Å². The van der Waals surface area contributed by atoms with E-state index in [0.29, 0.717) is 31.1 Å². The molecule has 2 amide bonds. The van der Waals surface area contributed by atoms with E-state index >= 15 is 0 Å². The second-order valence-corrected chi connectivity index (χ2v) is 7.41. The molecule has 7 heteroatoms. The highest BCUT2D eigenvalue weighted by Gasteiger charge is 2.29. The highest BCUT2D eigenvalue weighted by atomic mass is 16.6. The van der Waals surface area contributed by atoms with E-state index in [-0.39, 0.29) is 17.8 Å². The van der Waals surface area contributed by atoms with E-state index in [1.54, 1.807) is 24.1 Å². The quantitative estimate of drug-likeness (QED) is 0.636. The lowest BCUT2D eigenvalue weighted by molar-refractivity contribution is -0.133. The van der Waals surface area contributed by atoms with Gasteiger partial charge in [-0.3, -0.25) is 9.59 Å². The average molecular weight is 420 g/mol. The summed E-state index contributed by atoms with van der Waals surface area (Å²) in [5.74, 6) is 0.867. The van der Waals surface area contributed by atoms with Crippen LogP contribution < -0.4 is 14.8 Å². The number of furan rings is 1. The molecule has 4 rings (SSSR count). The Hall–Kier alpha value is -3.74. The molecule has 2 atom stereocenters. The third kappa shape index (κ3) is 5.06. The molecule has 0 radical (unpaired) electrons. The van der Waals surface area contributed by atoms with Crippen molar-refractivity contribution >= 4 is 11.8 Å². The summed E-state index contributed by atoms with van der Waals surface area (Å²) in [6.07, 6.45) is 1.48. The van der Waals surface area contributed by atoms with Crippen LogP contribution >= 0.6 is 0 Å². The summed E-state index contributed by atoms with van der Waals surface area (Å²) < 4.78 is 16.9. The Labute approximate surface area is 180 Å². The minimum atomic E-state index is -0.748. The van der Waals surface area contributed by atoms with Crippen molar-refractivity contribution in [2.75, 3.05) is 20.2 Å². The summed E-state index contributed by atoms with van der Waals surface area (Å²) in [4.78, 5) is 27.4. The van der Waals surface area contributed by atoms with Crippen LogP contribution in [0.2, 0.25) is 0 Å². The van der Waals surface area contributed by atoms with Gasteiger partial charge in [-0.1, -0.05) is 42.5 Å². The van der Waals surface area contributed by atoms with Gasteiger partial charge in [0, 0.05) is 13.5 Å². The predicted molar refractivity (Wildman–Crippen MR) is 114 cm³/mol. The number of nitrogens with one attached hydrogen (secondary N) is 1. The molecule has 160 valence electrons. The van der Waals surface area contributed by atoms with Crippen molar-refractivity contribution in [3.63, 3.8) is 0 Å². The Morgan fingerprint density at radius 3 is 2.52 bits per heavy atom. The molecule has 0 fully saturated rings. The van der Waals surface area contributed by atoms with Crippen LogP contribution in [0.4, 0.5) is 0 Å². The maximum absolute atomic E-state index is 13.3. The number of hydrogen-bond donors (Lipinski definition) is 1. The second kappa shape index (κ2) is 9.38. The molecule has 1 aliphatic heterocycles. The van der Waals surface area contributed by atoms with Gasteiger partial charge in [-0.25, -0.2) is 0 Å². The first-order chi connectivity index (χ1) is 15.1. The van der Waals surface area contributed by atoms with Crippen molar-refractivity contribution in [1.82, 2.24) is 10.2 Å². The van der Waals surface area contributed by atoms with Crippen LogP contribution in [-0.2, 0) is 11.2 Å². The Kier molecular flexibility index (Phi) is 6.21. The van der Waals surface area contributed by atoms with Crippen molar-refractivity contribution in [3.8, 4) is 11.5 Å². The monoisotopic (exact) mass is 420 g/mol. The van der Waals surface area contributed by atoms with Crippen molar-refractivity contribution in [2.24, 2.45) is 0 Å². The van der Waals surface area contributed by atoms with Gasteiger partial charge in [0.2, 0.25) is 5.91 Å². The molecular weight excluding hydrogens is 396 g/mol. The first-order valence-corrected chi connectivity index (χ1v) is 10.1. The number of nitrogens with zero attached hydrogens (tertiary/aromatic N) is 1. The summed E-state index contributed by atoms with van der Waals surface area (Å²) >= 11 is 0. The molecule has 3 aromatic rings. The molecule has 0 saturated heterocycles. The third-order valence-electron chi connectivity index (χ3n) is 5.05. The lowest BCUT2D eigenvalue weighted by atomic mass is 10.0. The number of para-hydroxylation sites is 2. The van der Waals surface area contributed by atoms with Crippen LogP contribution in [0.25, 0.3) is 0 Å². The van der Waals surface area contributed by atoms with Crippen molar-refractivity contribution in [1.29, 1.82) is 0 Å². The van der Waals surface area contributed by atoms with Crippen LogP contribution in [0.3, 0.4) is 0 Å². The number of fused-ring (bicyclic) bond motifs is 1.